The first-order chi connectivity index (χ1) is 18.7. The molecule has 4 rings (SSSR count). The molecule has 1 fully saturated rings. The number of carbonyl (C=O) groups excluding carboxylic acids is 2. The SMILES string of the molecule is COc1ccc(Cl)cc1S(=O)(=O)N[C@@H](Cc1ccccc1)C(=O)Nc1ccc(C(=O)N2CCN(C)CC2)cc1. The molecule has 39 heavy (non-hydrogen) atoms. The van der Waals surface area contributed by atoms with Crippen molar-refractivity contribution in [2.75, 3.05) is 45.7 Å². The van der Waals surface area contributed by atoms with Crippen LogP contribution in [-0.4, -0.2) is 76.4 Å². The van der Waals surface area contributed by atoms with E-state index in [-0.39, 0.29) is 28.0 Å². The van der Waals surface area contributed by atoms with Gasteiger partial charge in [0.05, 0.1) is 7.11 Å². The first kappa shape index (κ1) is 28.6. The van der Waals surface area contributed by atoms with Gasteiger partial charge >= 0.3 is 0 Å². The number of rotatable bonds is 9. The Hall–Kier alpha value is -3.44. The summed E-state index contributed by atoms with van der Waals surface area (Å²) >= 11 is 6.05. The minimum absolute atomic E-state index is 0.0637. The van der Waals surface area contributed by atoms with Crippen molar-refractivity contribution in [2.45, 2.75) is 17.4 Å². The van der Waals surface area contributed by atoms with Crippen molar-refractivity contribution in [2.24, 2.45) is 0 Å². The number of methoxy groups -OCH3 is 1. The van der Waals surface area contributed by atoms with E-state index in [1.165, 1.54) is 25.3 Å². The summed E-state index contributed by atoms with van der Waals surface area (Å²) in [6, 6.07) is 18.8. The van der Waals surface area contributed by atoms with Gasteiger partial charge in [-0.05, 0) is 61.5 Å². The molecule has 3 aromatic carbocycles. The van der Waals surface area contributed by atoms with Gasteiger partial charge in [-0.25, -0.2) is 8.42 Å². The first-order valence-corrected chi connectivity index (χ1v) is 14.3. The number of sulfonamides is 1. The van der Waals surface area contributed by atoms with Gasteiger partial charge in [0, 0.05) is 42.5 Å². The van der Waals surface area contributed by atoms with Crippen molar-refractivity contribution in [3.05, 3.63) is 88.9 Å². The summed E-state index contributed by atoms with van der Waals surface area (Å²) in [6.07, 6.45) is 0.106. The van der Waals surface area contributed by atoms with Crippen LogP contribution in [0.2, 0.25) is 5.02 Å². The lowest BCUT2D eigenvalue weighted by atomic mass is 10.1. The molecule has 0 radical (unpaired) electrons. The van der Waals surface area contributed by atoms with Crippen molar-refractivity contribution in [1.29, 1.82) is 0 Å². The molecule has 0 unspecified atom stereocenters. The highest BCUT2D eigenvalue weighted by molar-refractivity contribution is 7.89. The molecule has 9 nitrogen and oxygen atoms in total. The maximum Gasteiger partial charge on any atom is 0.253 e. The maximum atomic E-state index is 13.4. The van der Waals surface area contributed by atoms with Crippen LogP contribution in [0.4, 0.5) is 5.69 Å². The van der Waals surface area contributed by atoms with E-state index in [0.717, 1.165) is 18.7 Å². The van der Waals surface area contributed by atoms with Crippen molar-refractivity contribution in [3.8, 4) is 5.75 Å². The molecule has 0 spiro atoms. The Balaban J connectivity index is 1.52. The fraction of sp³-hybridized carbons (Fsp3) is 0.286. The monoisotopic (exact) mass is 570 g/mol. The number of piperazine rings is 1. The largest absolute Gasteiger partial charge is 0.495 e. The highest BCUT2D eigenvalue weighted by Crippen LogP contribution is 2.27. The van der Waals surface area contributed by atoms with E-state index in [1.54, 1.807) is 24.3 Å². The van der Waals surface area contributed by atoms with Gasteiger partial charge in [-0.2, -0.15) is 4.72 Å². The lowest BCUT2D eigenvalue weighted by Crippen LogP contribution is -2.47. The Morgan fingerprint density at radius 1 is 0.974 bits per heavy atom. The maximum absolute atomic E-state index is 13.4. The van der Waals surface area contributed by atoms with Gasteiger partial charge in [-0.15, -0.1) is 0 Å². The van der Waals surface area contributed by atoms with Gasteiger partial charge in [0.2, 0.25) is 15.9 Å². The summed E-state index contributed by atoms with van der Waals surface area (Å²) in [6.45, 7) is 2.96. The van der Waals surface area contributed by atoms with Crippen molar-refractivity contribution >= 4 is 39.1 Å². The standard InChI is InChI=1S/C28H31ClN4O5S/c1-32-14-16-33(17-15-32)28(35)21-8-11-23(12-9-21)30-27(34)24(18-20-6-4-3-5-7-20)31-39(36,37)26-19-22(29)10-13-25(26)38-2/h3-13,19,24,31H,14-18H2,1-2H3,(H,30,34)/t24-/m0/s1. The number of benzene rings is 3. The Labute approximate surface area is 233 Å². The van der Waals surface area contributed by atoms with Gasteiger partial charge in [0.15, 0.2) is 0 Å². The highest BCUT2D eigenvalue weighted by atomic mass is 35.5. The number of amides is 2. The van der Waals surface area contributed by atoms with Crippen LogP contribution >= 0.6 is 11.6 Å². The predicted octanol–water partition coefficient (Wildman–Crippen LogP) is 3.26. The number of hydrogen-bond acceptors (Lipinski definition) is 6. The van der Waals surface area contributed by atoms with E-state index in [9.17, 15) is 18.0 Å². The Morgan fingerprint density at radius 3 is 2.28 bits per heavy atom. The molecule has 0 saturated carbocycles. The summed E-state index contributed by atoms with van der Waals surface area (Å²) in [7, 11) is -0.811. The second kappa shape index (κ2) is 12.6. The molecule has 1 aliphatic rings. The molecule has 1 aliphatic heterocycles. The van der Waals surface area contributed by atoms with Crippen molar-refractivity contribution < 1.29 is 22.7 Å². The lowest BCUT2D eigenvalue weighted by Gasteiger charge is -2.32. The van der Waals surface area contributed by atoms with Gasteiger partial charge in [0.25, 0.3) is 5.91 Å². The third kappa shape index (κ3) is 7.36. The molecule has 2 N–H and O–H groups in total. The average Bonchev–Trinajstić information content (AvgIpc) is 2.93. The number of nitrogens with zero attached hydrogens (tertiary/aromatic N) is 2. The molecule has 0 aromatic heterocycles. The molecule has 2 amide bonds. The van der Waals surface area contributed by atoms with Gasteiger partial charge in [-0.1, -0.05) is 41.9 Å². The van der Waals surface area contributed by atoms with Gasteiger partial charge < -0.3 is 19.9 Å². The predicted molar refractivity (Wildman–Crippen MR) is 151 cm³/mol. The molecule has 1 saturated heterocycles. The summed E-state index contributed by atoms with van der Waals surface area (Å²) < 4.78 is 34.4. The molecule has 3 aromatic rings. The number of ether oxygens (including phenoxy) is 1. The lowest BCUT2D eigenvalue weighted by molar-refractivity contribution is -0.117. The Morgan fingerprint density at radius 2 is 1.64 bits per heavy atom. The van der Waals surface area contributed by atoms with Crippen LogP contribution in [0.5, 0.6) is 5.75 Å². The molecular formula is C28H31ClN4O5S. The molecule has 0 bridgehead atoms. The van der Waals surface area contributed by atoms with Crippen LogP contribution < -0.4 is 14.8 Å². The van der Waals surface area contributed by atoms with E-state index >= 15 is 0 Å². The Bertz CT molecular complexity index is 1410. The number of likely N-dealkylation sites (N-methyl/N-ethyl adjacent to an activating group) is 1. The number of halogens is 1. The number of nitrogens with one attached hydrogen (secondary N) is 2. The normalized spacial score (nSPS) is 15.0. The van der Waals surface area contributed by atoms with E-state index in [0.29, 0.717) is 24.3 Å². The van der Waals surface area contributed by atoms with Crippen molar-refractivity contribution in [1.82, 2.24) is 14.5 Å². The summed E-state index contributed by atoms with van der Waals surface area (Å²) in [5, 5.41) is 2.99. The van der Waals surface area contributed by atoms with E-state index in [1.807, 2.05) is 42.3 Å². The molecule has 0 aliphatic carbocycles. The average molecular weight is 571 g/mol. The van der Waals surface area contributed by atoms with Crippen LogP contribution in [0.3, 0.4) is 0 Å². The molecule has 11 heteroatoms. The molecule has 1 heterocycles. The zero-order valence-electron chi connectivity index (χ0n) is 21.8. The first-order valence-electron chi connectivity index (χ1n) is 12.4. The quantitative estimate of drug-likeness (QED) is 0.409. The zero-order chi connectivity index (χ0) is 28.0. The molecule has 206 valence electrons. The number of hydrogen-bond donors (Lipinski definition) is 2. The second-order valence-electron chi connectivity index (χ2n) is 9.32. The number of anilines is 1. The topological polar surface area (TPSA) is 108 Å². The van der Waals surface area contributed by atoms with Crippen molar-refractivity contribution in [3.63, 3.8) is 0 Å². The van der Waals surface area contributed by atoms with Gasteiger partial charge in [0.1, 0.15) is 16.7 Å². The van der Waals surface area contributed by atoms with Crippen LogP contribution in [0.25, 0.3) is 0 Å². The van der Waals surface area contributed by atoms with Crippen LogP contribution in [0, 0.1) is 0 Å². The second-order valence-corrected chi connectivity index (χ2v) is 11.4. The van der Waals surface area contributed by atoms with Crippen LogP contribution in [-0.2, 0) is 21.2 Å². The third-order valence-electron chi connectivity index (χ3n) is 6.50. The smallest absolute Gasteiger partial charge is 0.253 e. The Kier molecular flexibility index (Phi) is 9.24. The van der Waals surface area contributed by atoms with E-state index in [2.05, 4.69) is 14.9 Å². The van der Waals surface area contributed by atoms with Crippen LogP contribution in [0.1, 0.15) is 15.9 Å². The summed E-state index contributed by atoms with van der Waals surface area (Å²) in [5.74, 6) is -0.515. The number of carbonyl (C=O) groups is 2. The molecular weight excluding hydrogens is 540 g/mol. The summed E-state index contributed by atoms with van der Waals surface area (Å²) in [4.78, 5) is 30.0. The molecule has 1 atom stereocenters. The zero-order valence-corrected chi connectivity index (χ0v) is 23.3. The van der Waals surface area contributed by atoms with Crippen LogP contribution in [0.15, 0.2) is 77.7 Å². The fourth-order valence-electron chi connectivity index (χ4n) is 4.27. The minimum Gasteiger partial charge on any atom is -0.495 e. The van der Waals surface area contributed by atoms with E-state index < -0.39 is 22.0 Å². The minimum atomic E-state index is -4.19. The third-order valence-corrected chi connectivity index (χ3v) is 8.23. The highest BCUT2D eigenvalue weighted by Gasteiger charge is 2.29. The van der Waals surface area contributed by atoms with Gasteiger partial charge in [-0.3, -0.25) is 9.59 Å². The van der Waals surface area contributed by atoms with E-state index in [4.69, 9.17) is 16.3 Å². The fourth-order valence-corrected chi connectivity index (χ4v) is 5.89. The summed E-state index contributed by atoms with van der Waals surface area (Å²) in [5.41, 5.74) is 1.73.